The molecule has 0 saturated carbocycles. The molecule has 4 aromatic rings. The average molecular weight is 452 g/mol. The maximum atomic E-state index is 13.2. The van der Waals surface area contributed by atoms with E-state index in [0.717, 1.165) is 28.3 Å². The summed E-state index contributed by atoms with van der Waals surface area (Å²) in [7, 11) is 1.60. The Morgan fingerprint density at radius 3 is 2.50 bits per heavy atom. The van der Waals surface area contributed by atoms with Crippen LogP contribution in [0.1, 0.15) is 27.3 Å². The van der Waals surface area contributed by atoms with Crippen molar-refractivity contribution in [2.45, 2.75) is 25.6 Å². The first-order valence-corrected chi connectivity index (χ1v) is 11.0. The lowest BCUT2D eigenvalue weighted by Gasteiger charge is -2.10. The van der Waals surface area contributed by atoms with Gasteiger partial charge in [0.15, 0.2) is 5.78 Å². The molecule has 0 aliphatic heterocycles. The van der Waals surface area contributed by atoms with E-state index in [4.69, 9.17) is 9.15 Å². The summed E-state index contributed by atoms with van der Waals surface area (Å²) in [6.45, 7) is 4.45. The predicted molar refractivity (Wildman–Crippen MR) is 121 cm³/mol. The molecular formula is C24H22FN3O3S. The van der Waals surface area contributed by atoms with Crippen molar-refractivity contribution in [3.8, 4) is 17.2 Å². The fraction of sp³-hybridized carbons (Fsp3) is 0.208. The van der Waals surface area contributed by atoms with Gasteiger partial charge in [-0.2, -0.15) is 0 Å². The second kappa shape index (κ2) is 9.40. The third-order valence-corrected chi connectivity index (χ3v) is 6.02. The number of ether oxygens (including phenoxy) is 1. The second-order valence-electron chi connectivity index (χ2n) is 7.31. The fourth-order valence-electron chi connectivity index (χ4n) is 3.42. The zero-order valence-electron chi connectivity index (χ0n) is 18.0. The van der Waals surface area contributed by atoms with Crippen molar-refractivity contribution in [2.24, 2.45) is 0 Å². The SMILES string of the molecule is COc1ccc(-c2nnc(SCC(=O)c3cc(C)n(Cc4ccc(F)cc4)c3C)o2)cc1. The highest BCUT2D eigenvalue weighted by molar-refractivity contribution is 7.99. The molecular weight excluding hydrogens is 429 g/mol. The van der Waals surface area contributed by atoms with Gasteiger partial charge in [-0.1, -0.05) is 23.9 Å². The van der Waals surface area contributed by atoms with E-state index in [0.29, 0.717) is 23.2 Å². The molecule has 0 radical (unpaired) electrons. The Labute approximate surface area is 189 Å². The lowest BCUT2D eigenvalue weighted by atomic mass is 10.2. The molecule has 0 N–H and O–H groups in total. The summed E-state index contributed by atoms with van der Waals surface area (Å²) in [4.78, 5) is 12.9. The summed E-state index contributed by atoms with van der Waals surface area (Å²) in [5.74, 6) is 1.03. The van der Waals surface area contributed by atoms with Crippen molar-refractivity contribution >= 4 is 17.5 Å². The molecule has 0 saturated heterocycles. The van der Waals surface area contributed by atoms with Crippen LogP contribution in [0.4, 0.5) is 4.39 Å². The number of carbonyl (C=O) groups is 1. The average Bonchev–Trinajstić information content (AvgIpc) is 3.39. The van der Waals surface area contributed by atoms with Crippen molar-refractivity contribution < 1.29 is 18.3 Å². The molecule has 0 aliphatic rings. The van der Waals surface area contributed by atoms with E-state index < -0.39 is 0 Å². The van der Waals surface area contributed by atoms with Crippen LogP contribution in [0.25, 0.3) is 11.5 Å². The number of hydrogen-bond donors (Lipinski definition) is 0. The van der Waals surface area contributed by atoms with Crippen LogP contribution in [0.5, 0.6) is 5.75 Å². The minimum absolute atomic E-state index is 0.0161. The smallest absolute Gasteiger partial charge is 0.277 e. The van der Waals surface area contributed by atoms with Crippen LogP contribution in [-0.4, -0.2) is 33.4 Å². The first-order chi connectivity index (χ1) is 15.4. The summed E-state index contributed by atoms with van der Waals surface area (Å²) >= 11 is 1.21. The second-order valence-corrected chi connectivity index (χ2v) is 8.24. The number of carbonyl (C=O) groups excluding carboxylic acids is 1. The van der Waals surface area contributed by atoms with Crippen LogP contribution < -0.4 is 4.74 Å². The molecule has 32 heavy (non-hydrogen) atoms. The van der Waals surface area contributed by atoms with Gasteiger partial charge in [-0.05, 0) is 61.9 Å². The molecule has 0 spiro atoms. The van der Waals surface area contributed by atoms with Gasteiger partial charge in [0, 0.05) is 29.1 Å². The van der Waals surface area contributed by atoms with Gasteiger partial charge in [0.25, 0.3) is 5.22 Å². The lowest BCUT2D eigenvalue weighted by molar-refractivity contribution is 0.102. The third kappa shape index (κ3) is 4.75. The number of ketones is 1. The molecule has 0 atom stereocenters. The molecule has 0 fully saturated rings. The monoisotopic (exact) mass is 451 g/mol. The molecule has 0 unspecified atom stereocenters. The van der Waals surface area contributed by atoms with E-state index >= 15 is 0 Å². The lowest BCUT2D eigenvalue weighted by Crippen LogP contribution is -2.07. The van der Waals surface area contributed by atoms with Crippen molar-refractivity contribution in [1.82, 2.24) is 14.8 Å². The highest BCUT2D eigenvalue weighted by Gasteiger charge is 2.18. The fourth-order valence-corrected chi connectivity index (χ4v) is 4.07. The normalized spacial score (nSPS) is 11.0. The van der Waals surface area contributed by atoms with Gasteiger partial charge in [-0.3, -0.25) is 4.79 Å². The highest BCUT2D eigenvalue weighted by Crippen LogP contribution is 2.26. The molecule has 0 bridgehead atoms. The number of thioether (sulfide) groups is 1. The van der Waals surface area contributed by atoms with E-state index in [-0.39, 0.29) is 17.4 Å². The van der Waals surface area contributed by atoms with Crippen molar-refractivity contribution in [3.05, 3.63) is 82.9 Å². The maximum Gasteiger partial charge on any atom is 0.277 e. The van der Waals surface area contributed by atoms with Gasteiger partial charge < -0.3 is 13.7 Å². The van der Waals surface area contributed by atoms with E-state index in [9.17, 15) is 9.18 Å². The summed E-state index contributed by atoms with van der Waals surface area (Å²) in [6, 6.07) is 15.6. The first kappa shape index (κ1) is 21.8. The number of benzene rings is 2. The Morgan fingerprint density at radius 1 is 1.09 bits per heavy atom. The number of nitrogens with zero attached hydrogens (tertiary/aromatic N) is 3. The number of Topliss-reactive ketones (excluding diaryl/α,β-unsaturated/α-hetero) is 1. The van der Waals surface area contributed by atoms with Gasteiger partial charge in [-0.25, -0.2) is 4.39 Å². The number of aromatic nitrogens is 3. The molecule has 0 amide bonds. The van der Waals surface area contributed by atoms with Gasteiger partial charge >= 0.3 is 0 Å². The quantitative estimate of drug-likeness (QED) is 0.267. The largest absolute Gasteiger partial charge is 0.497 e. The zero-order chi connectivity index (χ0) is 22.7. The number of halogens is 1. The Morgan fingerprint density at radius 2 is 1.81 bits per heavy atom. The molecule has 2 aromatic heterocycles. The third-order valence-electron chi connectivity index (χ3n) is 5.20. The predicted octanol–water partition coefficient (Wildman–Crippen LogP) is 5.33. The summed E-state index contributed by atoms with van der Waals surface area (Å²) in [5, 5.41) is 8.43. The van der Waals surface area contributed by atoms with Crippen molar-refractivity contribution in [1.29, 1.82) is 0 Å². The van der Waals surface area contributed by atoms with Crippen LogP contribution in [-0.2, 0) is 6.54 Å². The standard InChI is InChI=1S/C24H22FN3O3S/c1-15-12-21(16(2)28(15)13-17-4-8-19(25)9-5-17)22(29)14-32-24-27-26-23(31-24)18-6-10-20(30-3)11-7-18/h4-12H,13-14H2,1-3H3. The Hall–Kier alpha value is -3.39. The molecule has 2 aromatic carbocycles. The van der Waals surface area contributed by atoms with Crippen LogP contribution in [0.3, 0.4) is 0 Å². The Bertz CT molecular complexity index is 1230. The molecule has 8 heteroatoms. The van der Waals surface area contributed by atoms with Crippen LogP contribution in [0, 0.1) is 19.7 Å². The van der Waals surface area contributed by atoms with E-state index in [1.54, 1.807) is 19.2 Å². The van der Waals surface area contributed by atoms with Crippen molar-refractivity contribution in [3.63, 3.8) is 0 Å². The summed E-state index contributed by atoms with van der Waals surface area (Å²) < 4.78 is 26.1. The van der Waals surface area contributed by atoms with Gasteiger partial charge in [0.05, 0.1) is 12.9 Å². The number of hydrogen-bond acceptors (Lipinski definition) is 6. The number of rotatable bonds is 8. The van der Waals surface area contributed by atoms with Gasteiger partial charge in [0.2, 0.25) is 5.89 Å². The Kier molecular flexibility index (Phi) is 6.41. The van der Waals surface area contributed by atoms with Crippen molar-refractivity contribution in [2.75, 3.05) is 12.9 Å². The highest BCUT2D eigenvalue weighted by atomic mass is 32.2. The Balaban J connectivity index is 1.42. The van der Waals surface area contributed by atoms with E-state index in [1.165, 1.54) is 23.9 Å². The van der Waals surface area contributed by atoms with Crippen LogP contribution in [0.2, 0.25) is 0 Å². The number of aryl methyl sites for hydroxylation is 1. The maximum absolute atomic E-state index is 13.2. The summed E-state index contributed by atoms with van der Waals surface area (Å²) in [6.07, 6.45) is 0. The van der Waals surface area contributed by atoms with E-state index in [2.05, 4.69) is 14.8 Å². The molecule has 0 aliphatic carbocycles. The minimum Gasteiger partial charge on any atom is -0.497 e. The van der Waals surface area contributed by atoms with Crippen LogP contribution >= 0.6 is 11.8 Å². The van der Waals surface area contributed by atoms with E-state index in [1.807, 2.05) is 44.2 Å². The molecule has 2 heterocycles. The molecule has 6 nitrogen and oxygen atoms in total. The molecule has 164 valence electrons. The summed E-state index contributed by atoms with van der Waals surface area (Å²) in [5.41, 5.74) is 4.26. The van der Waals surface area contributed by atoms with Gasteiger partial charge in [0.1, 0.15) is 11.6 Å². The molecule has 4 rings (SSSR count). The van der Waals surface area contributed by atoms with Crippen LogP contribution in [0.15, 0.2) is 64.2 Å². The minimum atomic E-state index is -0.265. The van der Waals surface area contributed by atoms with Gasteiger partial charge in [-0.15, -0.1) is 10.2 Å². The first-order valence-electron chi connectivity index (χ1n) is 9.99. The topological polar surface area (TPSA) is 70.2 Å². The number of methoxy groups -OCH3 is 1. The zero-order valence-corrected chi connectivity index (χ0v) is 18.8.